The normalized spacial score (nSPS) is 24.3. The van der Waals surface area contributed by atoms with Gasteiger partial charge in [-0.2, -0.15) is 0 Å². The molecule has 0 aromatic carbocycles. The lowest BCUT2D eigenvalue weighted by Gasteiger charge is -2.35. The number of hydrogen-bond donors (Lipinski definition) is 1. The average molecular weight is 244 g/mol. The Morgan fingerprint density at radius 1 is 1.35 bits per heavy atom. The summed E-state index contributed by atoms with van der Waals surface area (Å²) in [5.41, 5.74) is 0. The molecular weight excluding hydrogens is 224 g/mol. The molecule has 2 atom stereocenters. The van der Waals surface area contributed by atoms with Gasteiger partial charge in [0.15, 0.2) is 0 Å². The summed E-state index contributed by atoms with van der Waals surface area (Å²) in [5, 5.41) is 2.42. The van der Waals surface area contributed by atoms with Gasteiger partial charge in [0.05, 0.1) is 18.8 Å². The molecule has 17 heavy (non-hydrogen) atoms. The first-order valence-corrected chi connectivity index (χ1v) is 5.86. The standard InChI is InChI=1S/C11H20N2O4/c1-4-16-11(15)12-5-10(14)13-6-8(2)17-9(3)7-13/h8-9H,4-7H2,1-3H3,(H,12,15). The lowest BCUT2D eigenvalue weighted by Crippen LogP contribution is -2.51. The molecule has 1 N–H and O–H groups in total. The second-order valence-corrected chi connectivity index (χ2v) is 4.13. The number of amides is 2. The molecule has 1 rings (SSSR count). The van der Waals surface area contributed by atoms with Crippen molar-refractivity contribution in [3.05, 3.63) is 0 Å². The van der Waals surface area contributed by atoms with Crippen LogP contribution in [0.5, 0.6) is 0 Å². The van der Waals surface area contributed by atoms with Gasteiger partial charge in [-0.05, 0) is 20.8 Å². The van der Waals surface area contributed by atoms with Crippen LogP contribution in [0.15, 0.2) is 0 Å². The highest BCUT2D eigenvalue weighted by molar-refractivity contribution is 5.82. The fourth-order valence-electron chi connectivity index (χ4n) is 1.82. The van der Waals surface area contributed by atoms with Gasteiger partial charge in [-0.3, -0.25) is 4.79 Å². The first kappa shape index (κ1) is 13.8. The van der Waals surface area contributed by atoms with Crippen molar-refractivity contribution < 1.29 is 19.1 Å². The van der Waals surface area contributed by atoms with E-state index in [-0.39, 0.29) is 24.7 Å². The number of nitrogens with zero attached hydrogens (tertiary/aromatic N) is 1. The predicted octanol–water partition coefficient (Wildman–Crippen LogP) is 0.368. The smallest absolute Gasteiger partial charge is 0.407 e. The highest BCUT2D eigenvalue weighted by atomic mass is 16.5. The van der Waals surface area contributed by atoms with E-state index in [0.717, 1.165) is 0 Å². The van der Waals surface area contributed by atoms with Crippen molar-refractivity contribution in [3.63, 3.8) is 0 Å². The van der Waals surface area contributed by atoms with Gasteiger partial charge in [-0.1, -0.05) is 0 Å². The van der Waals surface area contributed by atoms with Crippen molar-refractivity contribution in [3.8, 4) is 0 Å². The molecule has 1 saturated heterocycles. The van der Waals surface area contributed by atoms with Crippen LogP contribution in [0.25, 0.3) is 0 Å². The van der Waals surface area contributed by atoms with Crippen LogP contribution in [0.1, 0.15) is 20.8 Å². The molecule has 2 amide bonds. The topological polar surface area (TPSA) is 67.9 Å². The fourth-order valence-corrected chi connectivity index (χ4v) is 1.82. The Labute approximate surface area is 101 Å². The average Bonchev–Trinajstić information content (AvgIpc) is 2.25. The third-order valence-electron chi connectivity index (χ3n) is 2.43. The molecule has 0 saturated carbocycles. The van der Waals surface area contributed by atoms with Gasteiger partial charge >= 0.3 is 6.09 Å². The number of alkyl carbamates (subject to hydrolysis) is 1. The molecule has 0 aromatic heterocycles. The molecule has 1 aliphatic heterocycles. The number of morpholine rings is 1. The van der Waals surface area contributed by atoms with Gasteiger partial charge in [0, 0.05) is 13.1 Å². The Morgan fingerprint density at radius 2 is 1.94 bits per heavy atom. The molecule has 6 heteroatoms. The first-order valence-electron chi connectivity index (χ1n) is 5.86. The van der Waals surface area contributed by atoms with Crippen LogP contribution < -0.4 is 5.32 Å². The zero-order chi connectivity index (χ0) is 12.8. The van der Waals surface area contributed by atoms with Gasteiger partial charge in [0.2, 0.25) is 5.91 Å². The first-order chi connectivity index (χ1) is 8.02. The van der Waals surface area contributed by atoms with Crippen molar-refractivity contribution in [1.29, 1.82) is 0 Å². The summed E-state index contributed by atoms with van der Waals surface area (Å²) in [7, 11) is 0. The molecule has 0 radical (unpaired) electrons. The fraction of sp³-hybridized carbons (Fsp3) is 0.818. The van der Waals surface area contributed by atoms with Crippen LogP contribution in [-0.4, -0.2) is 55.3 Å². The second-order valence-electron chi connectivity index (χ2n) is 4.13. The van der Waals surface area contributed by atoms with Gasteiger partial charge in [-0.25, -0.2) is 4.79 Å². The van der Waals surface area contributed by atoms with E-state index in [4.69, 9.17) is 4.74 Å². The summed E-state index contributed by atoms with van der Waals surface area (Å²) in [6, 6.07) is 0. The number of carbonyl (C=O) groups is 2. The van der Waals surface area contributed by atoms with E-state index in [1.165, 1.54) is 0 Å². The van der Waals surface area contributed by atoms with Gasteiger partial charge < -0.3 is 19.7 Å². The van der Waals surface area contributed by atoms with Gasteiger partial charge in [0.25, 0.3) is 0 Å². The van der Waals surface area contributed by atoms with E-state index in [0.29, 0.717) is 19.7 Å². The van der Waals surface area contributed by atoms with Crippen LogP contribution >= 0.6 is 0 Å². The molecule has 1 aliphatic rings. The molecule has 0 aromatic rings. The Balaban J connectivity index is 2.34. The van der Waals surface area contributed by atoms with E-state index in [1.54, 1.807) is 11.8 Å². The van der Waals surface area contributed by atoms with E-state index >= 15 is 0 Å². The third-order valence-corrected chi connectivity index (χ3v) is 2.43. The number of nitrogens with one attached hydrogen (secondary N) is 1. The predicted molar refractivity (Wildman–Crippen MR) is 61.6 cm³/mol. The number of rotatable bonds is 3. The molecule has 0 spiro atoms. The maximum Gasteiger partial charge on any atom is 0.407 e. The Kier molecular flexibility index (Phi) is 5.21. The zero-order valence-corrected chi connectivity index (χ0v) is 10.6. The van der Waals surface area contributed by atoms with Crippen LogP contribution in [0.4, 0.5) is 4.79 Å². The quantitative estimate of drug-likeness (QED) is 0.778. The number of carbonyl (C=O) groups excluding carboxylic acids is 2. The lowest BCUT2D eigenvalue weighted by atomic mass is 10.2. The summed E-state index contributed by atoms with van der Waals surface area (Å²) >= 11 is 0. The summed E-state index contributed by atoms with van der Waals surface area (Å²) in [6.07, 6.45) is -0.495. The largest absolute Gasteiger partial charge is 0.450 e. The Bertz CT molecular complexity index is 273. The zero-order valence-electron chi connectivity index (χ0n) is 10.6. The molecule has 6 nitrogen and oxygen atoms in total. The Morgan fingerprint density at radius 3 is 2.47 bits per heavy atom. The molecule has 0 bridgehead atoms. The van der Waals surface area contributed by atoms with Crippen molar-refractivity contribution >= 4 is 12.0 Å². The molecular formula is C11H20N2O4. The molecule has 1 heterocycles. The summed E-state index contributed by atoms with van der Waals surface area (Å²) < 4.78 is 10.2. The maximum absolute atomic E-state index is 11.8. The highest BCUT2D eigenvalue weighted by Crippen LogP contribution is 2.10. The minimum Gasteiger partial charge on any atom is -0.450 e. The van der Waals surface area contributed by atoms with Crippen LogP contribution in [0.2, 0.25) is 0 Å². The van der Waals surface area contributed by atoms with Crippen molar-refractivity contribution in [1.82, 2.24) is 10.2 Å². The third kappa shape index (κ3) is 4.60. The summed E-state index contributed by atoms with van der Waals surface area (Å²) in [5.74, 6) is -0.111. The van der Waals surface area contributed by atoms with Crippen LogP contribution in [0.3, 0.4) is 0 Å². The lowest BCUT2D eigenvalue weighted by molar-refractivity contribution is -0.142. The maximum atomic E-state index is 11.8. The van der Waals surface area contributed by atoms with Crippen LogP contribution in [-0.2, 0) is 14.3 Å². The summed E-state index contributed by atoms with van der Waals surface area (Å²) in [4.78, 5) is 24.5. The molecule has 98 valence electrons. The second kappa shape index (κ2) is 6.44. The van der Waals surface area contributed by atoms with E-state index in [1.807, 2.05) is 13.8 Å². The van der Waals surface area contributed by atoms with E-state index in [2.05, 4.69) is 10.1 Å². The minimum absolute atomic E-state index is 0.0295. The minimum atomic E-state index is -0.560. The van der Waals surface area contributed by atoms with E-state index in [9.17, 15) is 9.59 Å². The Hall–Kier alpha value is -1.30. The number of hydrogen-bond acceptors (Lipinski definition) is 4. The van der Waals surface area contributed by atoms with Crippen LogP contribution in [0, 0.1) is 0 Å². The summed E-state index contributed by atoms with van der Waals surface area (Å²) in [6.45, 7) is 6.96. The molecule has 0 aliphatic carbocycles. The van der Waals surface area contributed by atoms with Gasteiger partial charge in [-0.15, -0.1) is 0 Å². The van der Waals surface area contributed by atoms with Crippen molar-refractivity contribution in [2.45, 2.75) is 33.0 Å². The van der Waals surface area contributed by atoms with Crippen molar-refractivity contribution in [2.75, 3.05) is 26.2 Å². The van der Waals surface area contributed by atoms with Crippen molar-refractivity contribution in [2.24, 2.45) is 0 Å². The molecule has 2 unspecified atom stereocenters. The SMILES string of the molecule is CCOC(=O)NCC(=O)N1CC(C)OC(C)C1. The number of ether oxygens (including phenoxy) is 2. The molecule has 1 fully saturated rings. The monoisotopic (exact) mass is 244 g/mol. The van der Waals surface area contributed by atoms with Gasteiger partial charge in [0.1, 0.15) is 6.54 Å². The van der Waals surface area contributed by atoms with E-state index < -0.39 is 6.09 Å². The highest BCUT2D eigenvalue weighted by Gasteiger charge is 2.25.